The van der Waals surface area contributed by atoms with Crippen molar-refractivity contribution in [2.75, 3.05) is 31.1 Å². The molecule has 2 heterocycles. The number of fused-ring (bicyclic) bond motifs is 1. The van der Waals surface area contributed by atoms with E-state index in [1.807, 2.05) is 19.1 Å². The summed E-state index contributed by atoms with van der Waals surface area (Å²) >= 11 is 0. The monoisotopic (exact) mass is 282 g/mol. The number of nitriles is 1. The van der Waals surface area contributed by atoms with Gasteiger partial charge >= 0.3 is 0 Å². The molecule has 0 aliphatic carbocycles. The molecule has 0 bridgehead atoms. The molecule has 5 nitrogen and oxygen atoms in total. The van der Waals surface area contributed by atoms with Gasteiger partial charge in [-0.3, -0.25) is 4.90 Å². The molecule has 1 aliphatic heterocycles. The van der Waals surface area contributed by atoms with E-state index in [9.17, 15) is 5.11 Å². The van der Waals surface area contributed by atoms with Crippen molar-refractivity contribution < 1.29 is 5.11 Å². The number of hydrogen-bond acceptors (Lipinski definition) is 5. The normalized spacial score (nSPS) is 17.6. The van der Waals surface area contributed by atoms with E-state index in [0.29, 0.717) is 0 Å². The summed E-state index contributed by atoms with van der Waals surface area (Å²) in [6.07, 6.45) is 1.80. The Morgan fingerprint density at radius 2 is 2.00 bits per heavy atom. The van der Waals surface area contributed by atoms with Crippen LogP contribution in [0.3, 0.4) is 0 Å². The number of phenolic OH excluding ortho intramolecular Hbond substituents is 1. The van der Waals surface area contributed by atoms with Crippen LogP contribution >= 0.6 is 0 Å². The van der Waals surface area contributed by atoms with Gasteiger partial charge < -0.3 is 10.0 Å². The lowest BCUT2D eigenvalue weighted by molar-refractivity contribution is 0.231. The van der Waals surface area contributed by atoms with Crippen molar-refractivity contribution >= 4 is 16.6 Å². The fourth-order valence-electron chi connectivity index (χ4n) is 2.80. The minimum atomic E-state index is -0.0447. The van der Waals surface area contributed by atoms with Crippen molar-refractivity contribution in [1.82, 2.24) is 9.88 Å². The first-order valence-corrected chi connectivity index (χ1v) is 7.15. The van der Waals surface area contributed by atoms with Gasteiger partial charge in [0.2, 0.25) is 0 Å². The summed E-state index contributed by atoms with van der Waals surface area (Å²) < 4.78 is 0. The Morgan fingerprint density at radius 1 is 1.24 bits per heavy atom. The van der Waals surface area contributed by atoms with Gasteiger partial charge in [-0.1, -0.05) is 6.07 Å². The molecule has 3 rings (SSSR count). The highest BCUT2D eigenvalue weighted by molar-refractivity contribution is 5.93. The van der Waals surface area contributed by atoms with E-state index in [1.54, 1.807) is 18.3 Å². The molecule has 1 fully saturated rings. The number of phenols is 1. The van der Waals surface area contributed by atoms with Crippen LogP contribution in [0.4, 0.5) is 5.82 Å². The number of aromatic hydroxyl groups is 1. The van der Waals surface area contributed by atoms with Crippen LogP contribution in [0.5, 0.6) is 5.75 Å². The number of pyridine rings is 1. The Hall–Kier alpha value is -2.32. The first-order chi connectivity index (χ1) is 10.2. The zero-order chi connectivity index (χ0) is 14.8. The Kier molecular flexibility index (Phi) is 3.63. The molecule has 21 heavy (non-hydrogen) atoms. The molecule has 1 saturated heterocycles. The van der Waals surface area contributed by atoms with Crippen LogP contribution in [0.1, 0.15) is 6.92 Å². The zero-order valence-corrected chi connectivity index (χ0v) is 12.0. The smallest absolute Gasteiger partial charge is 0.136 e. The summed E-state index contributed by atoms with van der Waals surface area (Å²) in [5.41, 5.74) is 0. The average Bonchev–Trinajstić information content (AvgIpc) is 2.53. The summed E-state index contributed by atoms with van der Waals surface area (Å²) in [5, 5.41) is 20.8. The van der Waals surface area contributed by atoms with Crippen LogP contribution in [-0.4, -0.2) is 47.2 Å². The van der Waals surface area contributed by atoms with Crippen LogP contribution < -0.4 is 4.90 Å². The predicted octanol–water partition coefficient (Wildman–Crippen LogP) is 1.97. The second kappa shape index (κ2) is 5.58. The Labute approximate surface area is 124 Å². The van der Waals surface area contributed by atoms with Gasteiger partial charge in [0, 0.05) is 37.8 Å². The lowest BCUT2D eigenvalue weighted by Gasteiger charge is -2.36. The van der Waals surface area contributed by atoms with Crippen molar-refractivity contribution in [1.29, 1.82) is 5.26 Å². The van der Waals surface area contributed by atoms with Crippen molar-refractivity contribution in [3.05, 3.63) is 30.5 Å². The second-order valence-corrected chi connectivity index (χ2v) is 5.37. The van der Waals surface area contributed by atoms with E-state index in [0.717, 1.165) is 42.8 Å². The van der Waals surface area contributed by atoms with Crippen molar-refractivity contribution in [2.45, 2.75) is 13.0 Å². The second-order valence-electron chi connectivity index (χ2n) is 5.37. The van der Waals surface area contributed by atoms with Gasteiger partial charge in [-0.05, 0) is 30.5 Å². The van der Waals surface area contributed by atoms with Crippen LogP contribution in [0.25, 0.3) is 10.8 Å². The number of rotatable bonds is 2. The molecule has 1 aromatic heterocycles. The van der Waals surface area contributed by atoms with Gasteiger partial charge in [0.25, 0.3) is 0 Å². The molecule has 0 radical (unpaired) electrons. The van der Waals surface area contributed by atoms with Gasteiger partial charge in [0.05, 0.1) is 12.1 Å². The topological polar surface area (TPSA) is 63.4 Å². The molecule has 1 atom stereocenters. The molecule has 2 aromatic rings. The van der Waals surface area contributed by atoms with E-state index < -0.39 is 0 Å². The molecular weight excluding hydrogens is 264 g/mol. The minimum Gasteiger partial charge on any atom is -0.508 e. The summed E-state index contributed by atoms with van der Waals surface area (Å²) in [7, 11) is 0. The van der Waals surface area contributed by atoms with Crippen LogP contribution in [0.2, 0.25) is 0 Å². The molecule has 1 aliphatic rings. The molecule has 1 aromatic carbocycles. The molecule has 0 saturated carbocycles. The maximum atomic E-state index is 9.71. The van der Waals surface area contributed by atoms with E-state index in [1.165, 1.54) is 0 Å². The predicted molar refractivity (Wildman–Crippen MR) is 82.3 cm³/mol. The largest absolute Gasteiger partial charge is 0.508 e. The number of aromatic nitrogens is 1. The standard InChI is InChI=1S/C16H18N4O/c1-12(11-17)19-6-8-20(9-7-19)16-15-10-14(21)3-2-13(15)4-5-18-16/h2-5,10,12,21H,6-9H2,1H3. The van der Waals surface area contributed by atoms with Crippen LogP contribution in [0, 0.1) is 11.3 Å². The quantitative estimate of drug-likeness (QED) is 0.912. The summed E-state index contributed by atoms with van der Waals surface area (Å²) in [6.45, 7) is 5.32. The molecule has 5 heteroatoms. The SMILES string of the molecule is CC(C#N)N1CCN(c2nccc3ccc(O)cc23)CC1. The Morgan fingerprint density at radius 3 is 2.71 bits per heavy atom. The fraction of sp³-hybridized carbons (Fsp3) is 0.375. The van der Waals surface area contributed by atoms with E-state index in [4.69, 9.17) is 5.26 Å². The molecule has 0 spiro atoms. The van der Waals surface area contributed by atoms with E-state index >= 15 is 0 Å². The third-order valence-electron chi connectivity index (χ3n) is 4.08. The third-order valence-corrected chi connectivity index (χ3v) is 4.08. The Balaban J connectivity index is 1.86. The maximum Gasteiger partial charge on any atom is 0.136 e. The van der Waals surface area contributed by atoms with Gasteiger partial charge in [-0.2, -0.15) is 5.26 Å². The number of nitrogens with zero attached hydrogens (tertiary/aromatic N) is 4. The minimum absolute atomic E-state index is 0.0447. The van der Waals surface area contributed by atoms with Gasteiger partial charge in [-0.25, -0.2) is 4.98 Å². The number of benzene rings is 1. The van der Waals surface area contributed by atoms with Gasteiger partial charge in [0.15, 0.2) is 0 Å². The molecule has 1 N–H and O–H groups in total. The summed E-state index contributed by atoms with van der Waals surface area (Å²) in [5.74, 6) is 1.17. The lowest BCUT2D eigenvalue weighted by Crippen LogP contribution is -2.49. The average molecular weight is 282 g/mol. The lowest BCUT2D eigenvalue weighted by atomic mass is 10.1. The number of piperazine rings is 1. The summed E-state index contributed by atoms with van der Waals surface area (Å²) in [4.78, 5) is 8.90. The summed E-state index contributed by atoms with van der Waals surface area (Å²) in [6, 6.07) is 9.56. The number of anilines is 1. The maximum absolute atomic E-state index is 9.71. The van der Waals surface area contributed by atoms with Crippen molar-refractivity contribution in [2.24, 2.45) is 0 Å². The van der Waals surface area contributed by atoms with Crippen molar-refractivity contribution in [3.8, 4) is 11.8 Å². The van der Waals surface area contributed by atoms with E-state index in [-0.39, 0.29) is 11.8 Å². The third kappa shape index (κ3) is 2.63. The van der Waals surface area contributed by atoms with Crippen LogP contribution in [0.15, 0.2) is 30.5 Å². The van der Waals surface area contributed by atoms with Gasteiger partial charge in [-0.15, -0.1) is 0 Å². The van der Waals surface area contributed by atoms with Gasteiger partial charge in [0.1, 0.15) is 11.6 Å². The first-order valence-electron chi connectivity index (χ1n) is 7.15. The molecule has 108 valence electrons. The highest BCUT2D eigenvalue weighted by Crippen LogP contribution is 2.28. The zero-order valence-electron chi connectivity index (χ0n) is 12.0. The highest BCUT2D eigenvalue weighted by atomic mass is 16.3. The van der Waals surface area contributed by atoms with Crippen molar-refractivity contribution in [3.63, 3.8) is 0 Å². The molecule has 1 unspecified atom stereocenters. The molecular formula is C16H18N4O. The van der Waals surface area contributed by atoms with Crippen LogP contribution in [-0.2, 0) is 0 Å². The Bertz CT molecular complexity index is 686. The van der Waals surface area contributed by atoms with E-state index in [2.05, 4.69) is 20.9 Å². The molecule has 0 amide bonds. The first kappa shape index (κ1) is 13.7. The number of hydrogen-bond donors (Lipinski definition) is 1. The fourth-order valence-corrected chi connectivity index (χ4v) is 2.80. The highest BCUT2D eigenvalue weighted by Gasteiger charge is 2.22.